The monoisotopic (exact) mass is 331 g/mol. The number of benzene rings is 3. The summed E-state index contributed by atoms with van der Waals surface area (Å²) >= 11 is 0. The van der Waals surface area contributed by atoms with E-state index in [0.717, 1.165) is 0 Å². The number of oxime groups is 1. The van der Waals surface area contributed by atoms with Crippen LogP contribution < -0.4 is 0 Å². The highest BCUT2D eigenvalue weighted by atomic mass is 16.7. The van der Waals surface area contributed by atoms with Gasteiger partial charge in [0.05, 0.1) is 5.56 Å². The lowest BCUT2D eigenvalue weighted by Gasteiger charge is -2.14. The van der Waals surface area contributed by atoms with Crippen molar-refractivity contribution in [3.05, 3.63) is 108 Å². The van der Waals surface area contributed by atoms with Crippen molar-refractivity contribution < 1.29 is 14.7 Å². The Hall–Kier alpha value is -3.24. The smallest absolute Gasteiger partial charge is 0.365 e. The first-order valence-electron chi connectivity index (χ1n) is 7.88. The van der Waals surface area contributed by atoms with Gasteiger partial charge >= 0.3 is 5.97 Å². The summed E-state index contributed by atoms with van der Waals surface area (Å²) in [5.74, 6) is -0.575. The molecule has 0 fully saturated rings. The summed E-state index contributed by atoms with van der Waals surface area (Å²) in [6.07, 6.45) is -1.01. The van der Waals surface area contributed by atoms with E-state index in [9.17, 15) is 9.90 Å². The first-order chi connectivity index (χ1) is 12.3. The quantitative estimate of drug-likeness (QED) is 0.437. The van der Waals surface area contributed by atoms with Crippen molar-refractivity contribution in [3.8, 4) is 0 Å². The predicted octanol–water partition coefficient (Wildman–Crippen LogP) is 3.98. The van der Waals surface area contributed by atoms with Gasteiger partial charge in [-0.25, -0.2) is 4.79 Å². The van der Waals surface area contributed by atoms with Crippen LogP contribution >= 0.6 is 0 Å². The molecule has 3 aromatic rings. The van der Waals surface area contributed by atoms with Gasteiger partial charge in [0.2, 0.25) is 0 Å². The predicted molar refractivity (Wildman–Crippen MR) is 96.2 cm³/mol. The van der Waals surface area contributed by atoms with Crippen LogP contribution in [0.2, 0.25) is 0 Å². The normalized spacial score (nSPS) is 12.4. The maximum Gasteiger partial charge on any atom is 0.365 e. The van der Waals surface area contributed by atoms with Gasteiger partial charge in [-0.2, -0.15) is 0 Å². The van der Waals surface area contributed by atoms with E-state index in [1.807, 2.05) is 42.5 Å². The molecular weight excluding hydrogens is 314 g/mol. The van der Waals surface area contributed by atoms with Crippen molar-refractivity contribution >= 4 is 11.7 Å². The second-order valence-electron chi connectivity index (χ2n) is 5.40. The van der Waals surface area contributed by atoms with Gasteiger partial charge in [0, 0.05) is 5.56 Å². The van der Waals surface area contributed by atoms with Crippen molar-refractivity contribution in [3.63, 3.8) is 0 Å². The van der Waals surface area contributed by atoms with E-state index in [-0.39, 0.29) is 5.71 Å². The Balaban J connectivity index is 1.90. The summed E-state index contributed by atoms with van der Waals surface area (Å²) in [6.45, 7) is 0. The Labute approximate surface area is 146 Å². The number of rotatable bonds is 5. The van der Waals surface area contributed by atoms with Crippen LogP contribution in [-0.2, 0) is 4.84 Å². The molecule has 25 heavy (non-hydrogen) atoms. The molecule has 0 bridgehead atoms. The van der Waals surface area contributed by atoms with Crippen molar-refractivity contribution in [2.75, 3.05) is 0 Å². The van der Waals surface area contributed by atoms with Crippen LogP contribution in [0.5, 0.6) is 0 Å². The number of nitrogens with zero attached hydrogens (tertiary/aromatic N) is 1. The molecule has 0 saturated carbocycles. The molecule has 1 atom stereocenters. The summed E-state index contributed by atoms with van der Waals surface area (Å²) in [4.78, 5) is 17.2. The van der Waals surface area contributed by atoms with Crippen LogP contribution in [0.4, 0.5) is 0 Å². The molecule has 0 aliphatic rings. The molecule has 0 radical (unpaired) electrons. The largest absolute Gasteiger partial charge is 0.382 e. The molecule has 0 spiro atoms. The molecule has 3 aromatic carbocycles. The average molecular weight is 331 g/mol. The Morgan fingerprint density at radius 1 is 0.760 bits per heavy atom. The van der Waals surface area contributed by atoms with Crippen molar-refractivity contribution in [2.45, 2.75) is 6.10 Å². The Morgan fingerprint density at radius 3 is 1.80 bits per heavy atom. The van der Waals surface area contributed by atoms with E-state index in [1.165, 1.54) is 0 Å². The maximum atomic E-state index is 12.1. The van der Waals surface area contributed by atoms with Gasteiger partial charge in [-0.15, -0.1) is 0 Å². The molecule has 0 aliphatic heterocycles. The van der Waals surface area contributed by atoms with Crippen LogP contribution in [0.25, 0.3) is 0 Å². The minimum atomic E-state index is -1.01. The molecule has 0 saturated heterocycles. The van der Waals surface area contributed by atoms with E-state index in [1.54, 1.807) is 48.5 Å². The minimum Gasteiger partial charge on any atom is -0.382 e. The second-order valence-corrected chi connectivity index (χ2v) is 5.40. The van der Waals surface area contributed by atoms with Crippen LogP contribution in [-0.4, -0.2) is 16.8 Å². The molecule has 124 valence electrons. The summed E-state index contributed by atoms with van der Waals surface area (Å²) in [5, 5.41) is 14.7. The van der Waals surface area contributed by atoms with E-state index < -0.39 is 12.1 Å². The molecule has 0 aromatic heterocycles. The van der Waals surface area contributed by atoms with Gasteiger partial charge in [0.1, 0.15) is 11.8 Å². The van der Waals surface area contributed by atoms with E-state index in [4.69, 9.17) is 4.84 Å². The van der Waals surface area contributed by atoms with Gasteiger partial charge in [-0.3, -0.25) is 0 Å². The fraction of sp³-hybridized carbons (Fsp3) is 0.0476. The SMILES string of the molecule is O=C(ON=C(c1ccccc1)C(O)c1ccccc1)c1ccccc1. The summed E-state index contributed by atoms with van der Waals surface area (Å²) in [5.41, 5.74) is 2.02. The molecule has 0 aliphatic carbocycles. The van der Waals surface area contributed by atoms with Crippen molar-refractivity contribution in [1.82, 2.24) is 0 Å². The van der Waals surface area contributed by atoms with Gasteiger partial charge in [0.15, 0.2) is 0 Å². The highest BCUT2D eigenvalue weighted by molar-refractivity contribution is 6.04. The summed E-state index contributed by atoms with van der Waals surface area (Å²) in [6, 6.07) is 26.9. The number of aliphatic hydroxyl groups excluding tert-OH is 1. The number of aliphatic hydroxyl groups is 1. The number of carbonyl (C=O) groups is 1. The average Bonchev–Trinajstić information content (AvgIpc) is 2.70. The lowest BCUT2D eigenvalue weighted by molar-refractivity contribution is 0.0511. The van der Waals surface area contributed by atoms with Gasteiger partial charge in [-0.05, 0) is 17.7 Å². The number of hydrogen-bond acceptors (Lipinski definition) is 4. The van der Waals surface area contributed by atoms with E-state index in [0.29, 0.717) is 16.7 Å². The third kappa shape index (κ3) is 4.19. The molecule has 4 nitrogen and oxygen atoms in total. The van der Waals surface area contributed by atoms with E-state index >= 15 is 0 Å². The van der Waals surface area contributed by atoms with E-state index in [2.05, 4.69) is 5.16 Å². The topological polar surface area (TPSA) is 58.9 Å². The summed E-state index contributed by atoms with van der Waals surface area (Å²) in [7, 11) is 0. The standard InChI is InChI=1S/C21H17NO3/c23-20(17-12-6-2-7-13-17)19(16-10-4-1-5-11-16)22-25-21(24)18-14-8-3-9-15-18/h1-15,20,23H. The van der Waals surface area contributed by atoms with Crippen LogP contribution in [0.3, 0.4) is 0 Å². The number of hydrogen-bond donors (Lipinski definition) is 1. The lowest BCUT2D eigenvalue weighted by atomic mass is 9.99. The van der Waals surface area contributed by atoms with Crippen molar-refractivity contribution in [2.24, 2.45) is 5.16 Å². The first kappa shape index (κ1) is 16.6. The molecular formula is C21H17NO3. The third-order valence-electron chi connectivity index (χ3n) is 3.68. The maximum absolute atomic E-state index is 12.1. The second kappa shape index (κ2) is 8.04. The molecule has 0 amide bonds. The fourth-order valence-corrected chi connectivity index (χ4v) is 2.38. The lowest BCUT2D eigenvalue weighted by Crippen LogP contribution is -2.15. The Kier molecular flexibility index (Phi) is 5.34. The molecule has 1 N–H and O–H groups in total. The first-order valence-corrected chi connectivity index (χ1v) is 7.88. The zero-order chi connectivity index (χ0) is 17.5. The summed E-state index contributed by atoms with van der Waals surface area (Å²) < 4.78 is 0. The number of carbonyl (C=O) groups excluding carboxylic acids is 1. The van der Waals surface area contributed by atoms with Crippen LogP contribution in [0, 0.1) is 0 Å². The molecule has 1 unspecified atom stereocenters. The minimum absolute atomic E-state index is 0.274. The van der Waals surface area contributed by atoms with Gasteiger partial charge in [-0.1, -0.05) is 84.0 Å². The van der Waals surface area contributed by atoms with Crippen LogP contribution in [0.15, 0.2) is 96.2 Å². The van der Waals surface area contributed by atoms with Gasteiger partial charge in [0.25, 0.3) is 0 Å². The van der Waals surface area contributed by atoms with Crippen LogP contribution in [0.1, 0.15) is 27.6 Å². The van der Waals surface area contributed by atoms with Crippen molar-refractivity contribution in [1.29, 1.82) is 0 Å². The molecule has 3 rings (SSSR count). The Bertz CT molecular complexity index is 846. The van der Waals surface area contributed by atoms with Gasteiger partial charge < -0.3 is 9.94 Å². The third-order valence-corrected chi connectivity index (χ3v) is 3.68. The molecule has 0 heterocycles. The zero-order valence-corrected chi connectivity index (χ0v) is 13.4. The molecule has 4 heteroatoms. The highest BCUT2D eigenvalue weighted by Gasteiger charge is 2.19. The fourth-order valence-electron chi connectivity index (χ4n) is 2.38. The highest BCUT2D eigenvalue weighted by Crippen LogP contribution is 2.19. The Morgan fingerprint density at radius 2 is 1.24 bits per heavy atom. The zero-order valence-electron chi connectivity index (χ0n) is 13.4.